The molecule has 5 heterocycles. The number of aromatic amines is 2. The Kier molecular flexibility index (Phi) is 23.0. The molecular weight excluding hydrogens is 1980 g/mol. The van der Waals surface area contributed by atoms with Gasteiger partial charge in [-0.25, -0.2) is 173 Å². The third-order valence-corrected chi connectivity index (χ3v) is 27.2. The van der Waals surface area contributed by atoms with Crippen molar-refractivity contribution in [3.05, 3.63) is 241 Å². The summed E-state index contributed by atoms with van der Waals surface area (Å²) in [4.78, 5) is 26.6. The number of primary sulfonamides is 8. The monoisotopic (exact) mass is 2030 g/mol. The van der Waals surface area contributed by atoms with Crippen LogP contribution >= 0.6 is 0 Å². The first-order chi connectivity index (χ1) is 63.7. The lowest BCUT2D eigenvalue weighted by Crippen LogP contribution is -2.11. The fourth-order valence-electron chi connectivity index (χ4n) is 13.5. The lowest BCUT2D eigenvalue weighted by molar-refractivity contribution is 0.376. The number of rotatable bonds is 24. The van der Waals surface area contributed by atoms with Crippen LogP contribution in [-0.4, -0.2) is 107 Å². The molecule has 136 heavy (non-hydrogen) atoms. The average molecular weight is 2030 g/mol. The molecule has 0 atom stereocenters. The lowest BCUT2D eigenvalue weighted by Gasteiger charge is -2.17. The van der Waals surface area contributed by atoms with Gasteiger partial charge in [0.1, 0.15) is 68.6 Å². The van der Waals surface area contributed by atoms with Gasteiger partial charge < -0.3 is 47.9 Å². The minimum atomic E-state index is -4.55. The Bertz CT molecular complexity index is 7880. The minimum Gasteiger partial charge on any atom is -0.450 e. The lowest BCUT2D eigenvalue weighted by atomic mass is 10.0. The highest BCUT2D eigenvalue weighted by molar-refractivity contribution is 7.91. The third-order valence-electron chi connectivity index (χ3n) is 19.8. The largest absolute Gasteiger partial charge is 0.450 e. The molecule has 3 aromatic heterocycles. The summed E-state index contributed by atoms with van der Waals surface area (Å²) in [5.41, 5.74) is -10.5. The molecule has 0 unspecified atom stereocenters. The van der Waals surface area contributed by atoms with Crippen molar-refractivity contribution in [2.24, 2.45) is 41.1 Å². The van der Waals surface area contributed by atoms with E-state index < -0.39 is 348 Å². The van der Waals surface area contributed by atoms with Crippen LogP contribution < -0.4 is 79.0 Å². The zero-order chi connectivity index (χ0) is 97.7. The van der Waals surface area contributed by atoms with Crippen molar-refractivity contribution in [2.75, 3.05) is 0 Å². The molecule has 18 N–H and O–H groups in total. The Labute approximate surface area is 758 Å². The summed E-state index contributed by atoms with van der Waals surface area (Å²) in [5, 5.41) is 37.7. The first kappa shape index (κ1) is 92.9. The highest BCUT2D eigenvalue weighted by atomic mass is 32.2. The maximum atomic E-state index is 19.3. The second-order valence-corrected chi connectivity index (χ2v) is 41.2. The Morgan fingerprint density at radius 1 is 0.184 bits per heavy atom. The average Bonchev–Trinajstić information content (AvgIpc) is 1.56. The van der Waals surface area contributed by atoms with Crippen molar-refractivity contribution in [1.82, 2.24) is 39.9 Å². The van der Waals surface area contributed by atoms with Crippen LogP contribution in [0.3, 0.4) is 0 Å². The molecule has 2 aliphatic heterocycles. The normalized spacial score (nSPS) is 12.6. The van der Waals surface area contributed by atoms with E-state index in [0.29, 0.717) is 0 Å². The van der Waals surface area contributed by atoms with Gasteiger partial charge in [0, 0.05) is 0 Å². The Balaban J connectivity index is 1.06. The molecule has 0 fully saturated rings. The first-order valence-corrected chi connectivity index (χ1v) is 49.6. The highest BCUT2D eigenvalue weighted by Gasteiger charge is 2.41. The summed E-state index contributed by atoms with van der Waals surface area (Å²) in [6.07, 6.45) is 0. The first-order valence-electron chi connectivity index (χ1n) is 37.2. The molecule has 0 aliphatic carbocycles. The van der Waals surface area contributed by atoms with Crippen LogP contribution in [0.15, 0.2) is 233 Å². The predicted molar refractivity (Wildman–Crippen MR) is 459 cm³/mol. The molecule has 12 aromatic carbocycles. The van der Waals surface area contributed by atoms with E-state index in [1.807, 2.05) is 0 Å². The molecule has 0 radical (unpaired) electrons. The van der Waals surface area contributed by atoms with Gasteiger partial charge in [0.05, 0.1) is 83.0 Å². The Morgan fingerprint density at radius 3 is 0.419 bits per heavy atom. The molecule has 0 spiro atoms. The number of halogens is 8. The molecule has 0 amide bonds. The quantitative estimate of drug-likeness (QED) is 0.0251. The van der Waals surface area contributed by atoms with Crippen molar-refractivity contribution in [2.45, 2.75) is 39.2 Å². The van der Waals surface area contributed by atoms with Crippen molar-refractivity contribution in [3.8, 4) is 138 Å². The van der Waals surface area contributed by atoms with Crippen molar-refractivity contribution in [1.29, 1.82) is 0 Å². The van der Waals surface area contributed by atoms with Crippen LogP contribution in [0.2, 0.25) is 0 Å². The number of nitrogens with one attached hydrogen (secondary N) is 2. The summed E-state index contributed by atoms with van der Waals surface area (Å²) < 4.78 is 403. The predicted octanol–water partition coefficient (Wildman–Crippen LogP) is 11.5. The Morgan fingerprint density at radius 2 is 0.301 bits per heavy atom. The summed E-state index contributed by atoms with van der Waals surface area (Å²) >= 11 is 0. The molecule has 2 aliphatic rings. The molecule has 0 saturated carbocycles. The fraction of sp³-hybridized carbons (Fsp3) is 0. The van der Waals surface area contributed by atoms with Gasteiger partial charge in [-0.05, 0) is 194 Å². The molecule has 8 bridgehead atoms. The van der Waals surface area contributed by atoms with E-state index >= 15 is 35.1 Å². The van der Waals surface area contributed by atoms with Crippen molar-refractivity contribution < 1.29 is 140 Å². The van der Waals surface area contributed by atoms with Crippen LogP contribution in [-0.2, 0) is 80.2 Å². The minimum absolute atomic E-state index is 0.599. The van der Waals surface area contributed by atoms with E-state index in [1.165, 1.54) is 0 Å². The molecule has 698 valence electrons. The number of fused-ring (bicyclic) bond motifs is 20. The summed E-state index contributed by atoms with van der Waals surface area (Å²) in [6, 6.07) is 26.8. The van der Waals surface area contributed by atoms with Gasteiger partial charge in [-0.1, -0.05) is 0 Å². The molecule has 17 rings (SSSR count). The van der Waals surface area contributed by atoms with Gasteiger partial charge in [0.2, 0.25) is 126 Å². The molecule has 0 saturated heterocycles. The number of hydrogen-bond acceptors (Lipinski definition) is 30. The second kappa shape index (κ2) is 33.6. The van der Waals surface area contributed by atoms with E-state index in [4.69, 9.17) is 79.0 Å². The smallest absolute Gasteiger partial charge is 0.238 e. The number of benzene rings is 12. The number of hydrogen-bond donors (Lipinski definition) is 10. The number of H-pyrrole nitrogens is 2. The summed E-state index contributed by atoms with van der Waals surface area (Å²) in [5.74, 6) is -37.2. The van der Waals surface area contributed by atoms with Crippen LogP contribution in [0, 0.1) is 46.5 Å². The molecule has 40 nitrogen and oxygen atoms in total. The number of sulfonamides is 8. The van der Waals surface area contributed by atoms with Crippen LogP contribution in [0.4, 0.5) is 35.1 Å². The van der Waals surface area contributed by atoms with Gasteiger partial charge in [0.15, 0.2) is 69.8 Å². The standard InChI is InChI=1S/C80H50F8N16O24S8/c81-57-49-50(58(82)66(122-34-3-19-42(20-4-34)130(90,107)108)65(57)121-33-1-17-41(18-2-33)129(89,105)106)74-97-73(49)101-75-51-52(60(84)68(124-36-7-23-44(24-8-36)132(92,111)112)67(59(51)83)123-35-5-21-43(22-6-35)131(91,109)110)77(98-75)103-79-55-56(64(88)72(128-40-15-31-48(32-16-40)136(96,119)120)71(63(55)87)127-39-13-29-47(30-14-39)135(95,117)118)80(100-79)104-78-54-53(76(99-78)102-74)61(85)69(125-37-9-25-45(26-10-37)133(93,113)114)70(62(54)86)126-38-11-27-46(28-12-38)134(94,115)116/h1-32H,(H2,89,105,106)(H2,90,107,108)(H2,91,109,110)(H2,92,111,112)(H2,93,113,114)(H2,94,115,116)(H2,95,117,118)(H2,96,119,120)(H2,97,98,99,100,101,102,103,104). The van der Waals surface area contributed by atoms with Gasteiger partial charge in [-0.3, -0.25) is 0 Å². The summed E-state index contributed by atoms with van der Waals surface area (Å²) in [6.45, 7) is 0. The van der Waals surface area contributed by atoms with E-state index in [2.05, 4.69) is 39.9 Å². The zero-order valence-corrected chi connectivity index (χ0v) is 73.4. The Hall–Kier alpha value is -14.9. The maximum Gasteiger partial charge on any atom is 0.238 e. The number of ether oxygens (including phenoxy) is 8. The van der Waals surface area contributed by atoms with Crippen LogP contribution in [0.5, 0.6) is 92.0 Å². The van der Waals surface area contributed by atoms with Gasteiger partial charge >= 0.3 is 0 Å². The van der Waals surface area contributed by atoms with Crippen molar-refractivity contribution in [3.63, 3.8) is 0 Å². The topological polar surface area (TPSA) is 664 Å². The maximum absolute atomic E-state index is 19.3. The number of aromatic nitrogens is 8. The van der Waals surface area contributed by atoms with Crippen LogP contribution in [0.1, 0.15) is 0 Å². The van der Waals surface area contributed by atoms with Gasteiger partial charge in [-0.2, -0.15) is 0 Å². The molecular formula is C80H50F8N16O24S8. The summed E-state index contributed by atoms with van der Waals surface area (Å²) in [7, 11) is -36.4. The van der Waals surface area contributed by atoms with Gasteiger partial charge in [-0.15, -0.1) is 0 Å². The van der Waals surface area contributed by atoms with Gasteiger partial charge in [0.25, 0.3) is 0 Å². The number of nitrogens with zero attached hydrogens (tertiary/aromatic N) is 6. The zero-order valence-electron chi connectivity index (χ0n) is 66.9. The fourth-order valence-corrected chi connectivity index (χ4v) is 17.7. The third kappa shape index (κ3) is 17.9. The van der Waals surface area contributed by atoms with Crippen molar-refractivity contribution >= 4 is 124 Å². The van der Waals surface area contributed by atoms with E-state index in [1.54, 1.807) is 0 Å². The van der Waals surface area contributed by atoms with E-state index in [0.717, 1.165) is 194 Å². The SMILES string of the molecule is NS(=O)(=O)c1ccc(Oc2c(F)c3c(c(F)c2Oc2ccc(S(N)(=O)=O)cc2)-c2nc-3nc3[nH]c(nc4nc(nc5[nH]c(n2)c2c(F)c(Oc6ccc(S(N)(=O)=O)cc6)c(Oc6ccc(S(N)(=O)=O)cc6)c(F)c52)-c2c(F)c(Oc5ccc(S(N)(=O)=O)cc5)c(Oc5ccc(S(N)(=O)=O)cc5)c(F)c2-4)c2c(F)c(Oc4ccc(S(N)(=O)=O)cc4)c(Oc4ccc(S(N)(=O)=O)cc4)c(F)c32)cc1. The van der Waals surface area contributed by atoms with Crippen LogP contribution in [0.25, 0.3) is 89.7 Å². The molecule has 56 heteroatoms. The second-order valence-electron chi connectivity index (χ2n) is 28.7. The molecule has 15 aromatic rings. The van der Waals surface area contributed by atoms with E-state index in [9.17, 15) is 67.3 Å². The highest BCUT2D eigenvalue weighted by Crippen LogP contribution is 2.56. The van der Waals surface area contributed by atoms with E-state index in [-0.39, 0.29) is 0 Å². The number of nitrogens with two attached hydrogens (primary N) is 8.